The minimum Gasteiger partial charge on any atom is -0.490 e. The van der Waals surface area contributed by atoms with Gasteiger partial charge in [0.05, 0.1) is 43.2 Å². The molecule has 2 amide bonds. The van der Waals surface area contributed by atoms with Crippen LogP contribution in [0.3, 0.4) is 0 Å². The summed E-state index contributed by atoms with van der Waals surface area (Å²) >= 11 is 0. The van der Waals surface area contributed by atoms with Gasteiger partial charge in [0.2, 0.25) is 5.91 Å². The van der Waals surface area contributed by atoms with Gasteiger partial charge < -0.3 is 29.4 Å². The molecule has 3 aromatic rings. The second-order valence-corrected chi connectivity index (χ2v) is 14.4. The molecule has 256 valence electrons. The normalized spacial score (nSPS) is 20.6. The fourth-order valence-electron chi connectivity index (χ4n) is 5.48. The summed E-state index contributed by atoms with van der Waals surface area (Å²) in [4.78, 5) is 32.8. The monoisotopic (exact) mass is 669 g/mol. The van der Waals surface area contributed by atoms with E-state index in [4.69, 9.17) is 9.47 Å². The zero-order valence-electron chi connectivity index (χ0n) is 27.8. The first-order valence-corrected chi connectivity index (χ1v) is 17.4. The first-order valence-electron chi connectivity index (χ1n) is 16.0. The summed E-state index contributed by atoms with van der Waals surface area (Å²) in [7, 11) is -0.683. The Bertz CT molecular complexity index is 1600. The number of carbonyl (C=O) groups excluding carboxylic acids is 2. The summed E-state index contributed by atoms with van der Waals surface area (Å²) in [5.41, 5.74) is 1.57. The first kappa shape index (κ1) is 36.1. The number of ether oxygens (including phenoxy) is 2. The number of carbonyl (C=O) groups is 2. The minimum absolute atomic E-state index is 0.0449. The van der Waals surface area contributed by atoms with Crippen molar-refractivity contribution in [1.82, 2.24) is 18.8 Å². The molecule has 2 heterocycles. The van der Waals surface area contributed by atoms with Crippen LogP contribution < -0.4 is 10.1 Å². The van der Waals surface area contributed by atoms with E-state index in [2.05, 4.69) is 10.3 Å². The third kappa shape index (κ3) is 9.63. The highest BCUT2D eigenvalue weighted by atomic mass is 32.2. The molecule has 2 aromatic carbocycles. The van der Waals surface area contributed by atoms with E-state index in [0.717, 1.165) is 18.4 Å². The second kappa shape index (κ2) is 16.4. The van der Waals surface area contributed by atoms with Gasteiger partial charge in [-0.05, 0) is 56.9 Å². The lowest BCUT2D eigenvalue weighted by Crippen LogP contribution is -2.48. The lowest BCUT2D eigenvalue weighted by atomic mass is 10.0. The number of nitrogens with one attached hydrogen (secondary N) is 1. The average Bonchev–Trinajstić information content (AvgIpc) is 3.49. The summed E-state index contributed by atoms with van der Waals surface area (Å²) in [5.74, 6) is -0.547. The molecule has 13 heteroatoms. The number of rotatable bonds is 9. The number of sulfonamides is 1. The largest absolute Gasteiger partial charge is 0.490 e. The van der Waals surface area contributed by atoms with Crippen molar-refractivity contribution < 1.29 is 32.6 Å². The molecule has 12 nitrogen and oxygen atoms in total. The van der Waals surface area contributed by atoms with E-state index >= 15 is 0 Å². The lowest BCUT2D eigenvalue weighted by molar-refractivity contribution is -0.115. The Kier molecular flexibility index (Phi) is 12.6. The van der Waals surface area contributed by atoms with E-state index in [1.165, 1.54) is 23.9 Å². The Hall–Kier alpha value is -3.78. The van der Waals surface area contributed by atoms with Gasteiger partial charge in [-0.1, -0.05) is 37.3 Å². The Morgan fingerprint density at radius 2 is 1.91 bits per heavy atom. The number of aliphatic hydroxyl groups is 1. The Balaban J connectivity index is 1.62. The zero-order valence-corrected chi connectivity index (χ0v) is 28.7. The van der Waals surface area contributed by atoms with Gasteiger partial charge in [0.1, 0.15) is 5.75 Å². The number of aromatic nitrogens is 2. The fraction of sp³-hybridized carbons (Fsp3) is 0.500. The van der Waals surface area contributed by atoms with Gasteiger partial charge in [0, 0.05) is 51.6 Å². The smallest absolute Gasteiger partial charge is 0.261 e. The first-order chi connectivity index (χ1) is 22.4. The van der Waals surface area contributed by atoms with Gasteiger partial charge in [-0.15, -0.1) is 0 Å². The van der Waals surface area contributed by atoms with Gasteiger partial charge in [0.15, 0.2) is 5.03 Å². The molecule has 0 spiro atoms. The van der Waals surface area contributed by atoms with Crippen molar-refractivity contribution >= 4 is 27.5 Å². The third-order valence-corrected chi connectivity index (χ3v) is 10.0. The van der Waals surface area contributed by atoms with Crippen LogP contribution in [-0.2, 0) is 33.0 Å². The SMILES string of the molecule is C[C@H](CO)N1C[C@H](C)[C@H](CN(C)S(=O)(=O)c2cn(C)cn2)OCCCC[C@H](C)Oc2ccc(NC(=O)Cc3ccccc3)cc2C1=O. The number of likely N-dealkylation sites (N-methyl/N-ethyl adjacent to an activating group) is 1. The molecular formula is C34H47N5O7S. The number of aliphatic hydroxyl groups excluding tert-OH is 1. The summed E-state index contributed by atoms with van der Waals surface area (Å²) in [5, 5.41) is 13.0. The third-order valence-electron chi connectivity index (χ3n) is 8.34. The standard InChI is InChI=1S/C34H47N5O7S/c1-24-19-39(25(2)22-40)34(42)29-18-28(36-32(41)17-27-12-7-6-8-13-27)14-15-30(29)46-26(3)11-9-10-16-45-31(24)20-38(5)47(43,44)33-21-37(4)23-35-33/h6-8,12-15,18,21,23-26,31,40H,9-11,16-17,19-20,22H2,1-5H3,(H,36,41)/t24-,25+,26-,31-/m0/s1. The van der Waals surface area contributed by atoms with Crippen LogP contribution in [0.4, 0.5) is 5.69 Å². The highest BCUT2D eigenvalue weighted by molar-refractivity contribution is 7.89. The highest BCUT2D eigenvalue weighted by Crippen LogP contribution is 2.29. The molecule has 0 saturated heterocycles. The number of benzene rings is 2. The van der Waals surface area contributed by atoms with Gasteiger partial charge in [-0.25, -0.2) is 13.4 Å². The number of amides is 2. The van der Waals surface area contributed by atoms with E-state index in [0.29, 0.717) is 24.5 Å². The molecule has 0 aliphatic carbocycles. The van der Waals surface area contributed by atoms with Gasteiger partial charge in [0.25, 0.3) is 15.9 Å². The van der Waals surface area contributed by atoms with E-state index in [-0.39, 0.29) is 60.5 Å². The van der Waals surface area contributed by atoms with E-state index < -0.39 is 22.2 Å². The lowest BCUT2D eigenvalue weighted by Gasteiger charge is -2.35. The number of hydrogen-bond acceptors (Lipinski definition) is 8. The molecular weight excluding hydrogens is 622 g/mol. The van der Waals surface area contributed by atoms with E-state index in [1.807, 2.05) is 44.2 Å². The van der Waals surface area contributed by atoms with Crippen LogP contribution in [0.2, 0.25) is 0 Å². The molecule has 0 radical (unpaired) electrons. The average molecular weight is 670 g/mol. The molecule has 0 bridgehead atoms. The molecule has 4 rings (SSSR count). The number of hydrogen-bond donors (Lipinski definition) is 2. The zero-order chi connectivity index (χ0) is 34.1. The predicted octanol–water partition coefficient (Wildman–Crippen LogP) is 3.72. The van der Waals surface area contributed by atoms with Crippen molar-refractivity contribution in [3.05, 3.63) is 72.2 Å². The summed E-state index contributed by atoms with van der Waals surface area (Å²) in [6.45, 7) is 5.92. The molecule has 4 atom stereocenters. The number of aryl methyl sites for hydroxylation is 1. The maximum atomic E-state index is 14.3. The molecule has 1 aromatic heterocycles. The van der Waals surface area contributed by atoms with Crippen molar-refractivity contribution in [2.45, 2.75) is 69.7 Å². The molecule has 1 aliphatic rings. The van der Waals surface area contributed by atoms with Gasteiger partial charge in [-0.2, -0.15) is 4.31 Å². The molecule has 1 aliphatic heterocycles. The van der Waals surface area contributed by atoms with Crippen molar-refractivity contribution in [2.75, 3.05) is 38.7 Å². The van der Waals surface area contributed by atoms with Crippen LogP contribution in [0.5, 0.6) is 5.75 Å². The fourth-order valence-corrected chi connectivity index (χ4v) is 6.62. The molecule has 47 heavy (non-hydrogen) atoms. The van der Waals surface area contributed by atoms with E-state index in [1.54, 1.807) is 41.6 Å². The summed E-state index contributed by atoms with van der Waals surface area (Å²) in [6.07, 6.45) is 4.54. The van der Waals surface area contributed by atoms with Crippen molar-refractivity contribution in [3.8, 4) is 5.75 Å². The Labute approximate surface area is 277 Å². The van der Waals surface area contributed by atoms with Gasteiger partial charge >= 0.3 is 0 Å². The maximum absolute atomic E-state index is 14.3. The second-order valence-electron chi connectivity index (χ2n) is 12.4. The number of fused-ring (bicyclic) bond motifs is 1. The van der Waals surface area contributed by atoms with Crippen LogP contribution in [0, 0.1) is 5.92 Å². The Morgan fingerprint density at radius 1 is 1.17 bits per heavy atom. The van der Waals surface area contributed by atoms with Crippen molar-refractivity contribution in [3.63, 3.8) is 0 Å². The number of anilines is 1. The Morgan fingerprint density at radius 3 is 2.60 bits per heavy atom. The van der Waals surface area contributed by atoms with Crippen molar-refractivity contribution in [1.29, 1.82) is 0 Å². The van der Waals surface area contributed by atoms with Crippen LogP contribution in [0.15, 0.2) is 66.1 Å². The topological polar surface area (TPSA) is 143 Å². The predicted molar refractivity (Wildman–Crippen MR) is 179 cm³/mol. The molecule has 0 saturated carbocycles. The van der Waals surface area contributed by atoms with Crippen LogP contribution >= 0.6 is 0 Å². The van der Waals surface area contributed by atoms with E-state index in [9.17, 15) is 23.1 Å². The quantitative estimate of drug-likeness (QED) is 0.351. The van der Waals surface area contributed by atoms with Crippen LogP contribution in [-0.4, -0.2) is 95.7 Å². The number of imidazole rings is 1. The van der Waals surface area contributed by atoms with Crippen molar-refractivity contribution in [2.24, 2.45) is 13.0 Å². The highest BCUT2D eigenvalue weighted by Gasteiger charge is 2.33. The maximum Gasteiger partial charge on any atom is 0.261 e. The van der Waals surface area contributed by atoms with Crippen LogP contribution in [0.1, 0.15) is 56.0 Å². The molecule has 0 fully saturated rings. The van der Waals surface area contributed by atoms with Crippen LogP contribution in [0.25, 0.3) is 0 Å². The van der Waals surface area contributed by atoms with Gasteiger partial charge in [-0.3, -0.25) is 9.59 Å². The summed E-state index contributed by atoms with van der Waals surface area (Å²) in [6, 6.07) is 13.8. The number of nitrogens with zero attached hydrogens (tertiary/aromatic N) is 4. The minimum atomic E-state index is -3.88. The molecule has 0 unspecified atom stereocenters. The molecule has 2 N–H and O–H groups in total. The summed E-state index contributed by atoms with van der Waals surface area (Å²) < 4.78 is 42.0.